The number of hydrogen-bond donors (Lipinski definition) is 1. The molecule has 0 aliphatic rings. The third-order valence-electron chi connectivity index (χ3n) is 3.66. The van der Waals surface area contributed by atoms with Gasteiger partial charge in [-0.25, -0.2) is 4.79 Å². The lowest BCUT2D eigenvalue weighted by molar-refractivity contribution is 0.0465. The van der Waals surface area contributed by atoms with Crippen LogP contribution in [0.2, 0.25) is 5.02 Å². The molecule has 0 atom stereocenters. The molecule has 3 aromatic rings. The number of ether oxygens (including phenoxy) is 1. The largest absolute Gasteiger partial charge is 0.444 e. The fourth-order valence-corrected chi connectivity index (χ4v) is 2.45. The van der Waals surface area contributed by atoms with E-state index in [0.717, 1.165) is 5.56 Å². The Morgan fingerprint density at radius 2 is 1.75 bits per heavy atom. The number of alkyl carbamates (subject to hydrolysis) is 1. The van der Waals surface area contributed by atoms with Gasteiger partial charge in [0, 0.05) is 16.7 Å². The first-order valence-corrected chi connectivity index (χ1v) is 9.00. The third-order valence-corrected chi connectivity index (χ3v) is 3.91. The number of aromatic nitrogens is 3. The summed E-state index contributed by atoms with van der Waals surface area (Å²) in [5.41, 5.74) is -0.319. The van der Waals surface area contributed by atoms with Gasteiger partial charge >= 0.3 is 6.09 Å². The zero-order chi connectivity index (χ0) is 20.5. The predicted octanol–water partition coefficient (Wildman–Crippen LogP) is 4.80. The molecule has 2 heterocycles. The van der Waals surface area contributed by atoms with Crippen LogP contribution in [0.3, 0.4) is 0 Å². The van der Waals surface area contributed by atoms with Gasteiger partial charge in [0.05, 0.1) is 0 Å². The summed E-state index contributed by atoms with van der Waals surface area (Å²) >= 11 is 5.90. The van der Waals surface area contributed by atoms with E-state index in [-0.39, 0.29) is 11.7 Å². The van der Waals surface area contributed by atoms with Crippen molar-refractivity contribution in [3.63, 3.8) is 0 Å². The molecule has 28 heavy (non-hydrogen) atoms. The summed E-state index contributed by atoms with van der Waals surface area (Å²) in [4.78, 5) is 16.4. The molecule has 2 aromatic heterocycles. The second kappa shape index (κ2) is 7.27. The van der Waals surface area contributed by atoms with Gasteiger partial charge in [-0.1, -0.05) is 21.9 Å². The Kier molecular flexibility index (Phi) is 5.16. The van der Waals surface area contributed by atoms with Crippen molar-refractivity contribution in [1.82, 2.24) is 20.6 Å². The van der Waals surface area contributed by atoms with Gasteiger partial charge in [0.25, 0.3) is 5.89 Å². The predicted molar refractivity (Wildman–Crippen MR) is 103 cm³/mol. The van der Waals surface area contributed by atoms with Crippen molar-refractivity contribution in [2.24, 2.45) is 0 Å². The van der Waals surface area contributed by atoms with Crippen LogP contribution in [0.1, 0.15) is 40.4 Å². The summed E-state index contributed by atoms with van der Waals surface area (Å²) in [7, 11) is 0. The van der Waals surface area contributed by atoms with E-state index in [1.807, 2.05) is 12.1 Å². The summed E-state index contributed by atoms with van der Waals surface area (Å²) in [6, 6.07) is 8.85. The van der Waals surface area contributed by atoms with Crippen LogP contribution in [0.4, 0.5) is 4.79 Å². The first kappa shape index (κ1) is 19.9. The SMILES string of the molecule is CC(C)(C)OC(=O)NC(C)(C)c1noc(-c2cc(-c3ccc(Cl)cc3)on2)n1. The number of halogens is 1. The number of carbonyl (C=O) groups is 1. The Morgan fingerprint density at radius 1 is 1.07 bits per heavy atom. The van der Waals surface area contributed by atoms with Crippen molar-refractivity contribution in [2.75, 3.05) is 0 Å². The molecule has 0 saturated heterocycles. The molecule has 0 aliphatic heterocycles. The maximum atomic E-state index is 12.1. The highest BCUT2D eigenvalue weighted by atomic mass is 35.5. The maximum Gasteiger partial charge on any atom is 0.408 e. The normalized spacial score (nSPS) is 12.1. The average Bonchev–Trinajstić information content (AvgIpc) is 3.23. The first-order valence-electron chi connectivity index (χ1n) is 8.62. The molecule has 0 bridgehead atoms. The zero-order valence-electron chi connectivity index (χ0n) is 16.2. The smallest absolute Gasteiger partial charge is 0.408 e. The van der Waals surface area contributed by atoms with Gasteiger partial charge in [0.1, 0.15) is 11.1 Å². The van der Waals surface area contributed by atoms with E-state index in [4.69, 9.17) is 25.4 Å². The van der Waals surface area contributed by atoms with Gasteiger partial charge in [-0.3, -0.25) is 0 Å². The molecule has 0 radical (unpaired) electrons. The van der Waals surface area contributed by atoms with Gasteiger partial charge in [-0.15, -0.1) is 0 Å². The number of rotatable bonds is 4. The second-order valence-corrected chi connectivity index (χ2v) is 8.19. The molecular weight excluding hydrogens is 384 g/mol. The molecule has 0 spiro atoms. The molecule has 0 saturated carbocycles. The van der Waals surface area contributed by atoms with Gasteiger partial charge < -0.3 is 19.1 Å². The fraction of sp³-hybridized carbons (Fsp3) is 0.368. The molecule has 148 valence electrons. The first-order chi connectivity index (χ1) is 13.0. The van der Waals surface area contributed by atoms with Crippen molar-refractivity contribution in [2.45, 2.75) is 45.8 Å². The molecule has 1 aromatic carbocycles. The molecule has 9 heteroatoms. The number of carbonyl (C=O) groups excluding carboxylic acids is 1. The minimum Gasteiger partial charge on any atom is -0.444 e. The van der Waals surface area contributed by atoms with Gasteiger partial charge in [-0.2, -0.15) is 4.98 Å². The number of amides is 1. The molecule has 8 nitrogen and oxygen atoms in total. The molecule has 0 fully saturated rings. The zero-order valence-corrected chi connectivity index (χ0v) is 17.0. The Balaban J connectivity index is 1.76. The van der Waals surface area contributed by atoms with Crippen molar-refractivity contribution < 1.29 is 18.6 Å². The van der Waals surface area contributed by atoms with E-state index < -0.39 is 17.2 Å². The lowest BCUT2D eigenvalue weighted by Crippen LogP contribution is -2.44. The number of nitrogens with one attached hydrogen (secondary N) is 1. The van der Waals surface area contributed by atoms with Crippen LogP contribution in [0, 0.1) is 0 Å². The Morgan fingerprint density at radius 3 is 2.39 bits per heavy atom. The molecule has 0 unspecified atom stereocenters. The molecule has 3 rings (SSSR count). The standard InChI is InChI=1S/C19H21ClN4O4/c1-18(2,3)26-17(25)22-19(4,5)16-21-15(28-24-16)13-10-14(27-23-13)11-6-8-12(20)9-7-11/h6-10H,1-5H3,(H,22,25). The molecular formula is C19H21ClN4O4. The van der Waals surface area contributed by atoms with Crippen LogP contribution in [0.5, 0.6) is 0 Å². The van der Waals surface area contributed by atoms with Crippen LogP contribution in [-0.2, 0) is 10.3 Å². The monoisotopic (exact) mass is 404 g/mol. The lowest BCUT2D eigenvalue weighted by Gasteiger charge is -2.26. The van der Waals surface area contributed by atoms with Gasteiger partial charge in [0.15, 0.2) is 17.3 Å². The van der Waals surface area contributed by atoms with Crippen LogP contribution >= 0.6 is 11.6 Å². The molecule has 1 N–H and O–H groups in total. The highest BCUT2D eigenvalue weighted by Gasteiger charge is 2.31. The van der Waals surface area contributed by atoms with Crippen molar-refractivity contribution in [1.29, 1.82) is 0 Å². The minimum atomic E-state index is -0.910. The van der Waals surface area contributed by atoms with E-state index in [0.29, 0.717) is 16.5 Å². The van der Waals surface area contributed by atoms with Crippen molar-refractivity contribution >= 4 is 17.7 Å². The third kappa shape index (κ3) is 4.69. The number of benzene rings is 1. The van der Waals surface area contributed by atoms with Crippen molar-refractivity contribution in [3.8, 4) is 22.9 Å². The van der Waals surface area contributed by atoms with Gasteiger partial charge in [0.2, 0.25) is 0 Å². The Labute approximate surface area is 167 Å². The minimum absolute atomic E-state index is 0.179. The van der Waals surface area contributed by atoms with Crippen LogP contribution in [0.25, 0.3) is 22.9 Å². The summed E-state index contributed by atoms with van der Waals surface area (Å²) < 4.78 is 15.9. The second-order valence-electron chi connectivity index (χ2n) is 7.76. The van der Waals surface area contributed by atoms with Crippen LogP contribution < -0.4 is 5.32 Å². The Bertz CT molecular complexity index is 970. The summed E-state index contributed by atoms with van der Waals surface area (Å²) in [5.74, 6) is 1.000. The van der Waals surface area contributed by atoms with E-state index in [9.17, 15) is 4.79 Å². The number of hydrogen-bond acceptors (Lipinski definition) is 7. The van der Waals surface area contributed by atoms with E-state index >= 15 is 0 Å². The summed E-state index contributed by atoms with van der Waals surface area (Å²) in [6.07, 6.45) is -0.574. The van der Waals surface area contributed by atoms with E-state index in [2.05, 4.69) is 20.6 Å². The average molecular weight is 405 g/mol. The maximum absolute atomic E-state index is 12.1. The van der Waals surface area contributed by atoms with E-state index in [1.54, 1.807) is 52.8 Å². The highest BCUT2D eigenvalue weighted by Crippen LogP contribution is 2.27. The Hall–Kier alpha value is -2.87. The van der Waals surface area contributed by atoms with E-state index in [1.165, 1.54) is 0 Å². The van der Waals surface area contributed by atoms with Crippen LogP contribution in [0.15, 0.2) is 39.4 Å². The quantitative estimate of drug-likeness (QED) is 0.665. The summed E-state index contributed by atoms with van der Waals surface area (Å²) in [6.45, 7) is 8.85. The topological polar surface area (TPSA) is 103 Å². The summed E-state index contributed by atoms with van der Waals surface area (Å²) in [5, 5.41) is 11.3. The van der Waals surface area contributed by atoms with Crippen molar-refractivity contribution in [3.05, 3.63) is 41.2 Å². The molecule has 1 amide bonds. The fourth-order valence-electron chi connectivity index (χ4n) is 2.32. The number of nitrogens with zero attached hydrogens (tertiary/aromatic N) is 3. The lowest BCUT2D eigenvalue weighted by atomic mass is 10.1. The van der Waals surface area contributed by atoms with Gasteiger partial charge in [-0.05, 0) is 58.9 Å². The van der Waals surface area contributed by atoms with Crippen LogP contribution in [-0.4, -0.2) is 27.0 Å². The highest BCUT2D eigenvalue weighted by molar-refractivity contribution is 6.30. The molecule has 0 aliphatic carbocycles.